The highest BCUT2D eigenvalue weighted by molar-refractivity contribution is 9.10. The molecule has 0 fully saturated rings. The fourth-order valence-electron chi connectivity index (χ4n) is 1.73. The Morgan fingerprint density at radius 1 is 1.14 bits per heavy atom. The van der Waals surface area contributed by atoms with Gasteiger partial charge in [-0.2, -0.15) is 0 Å². The Kier molecular flexibility index (Phi) is 4.98. The molecule has 21 heavy (non-hydrogen) atoms. The van der Waals surface area contributed by atoms with Gasteiger partial charge in [-0.25, -0.2) is 4.79 Å². The van der Waals surface area contributed by atoms with Gasteiger partial charge in [0.25, 0.3) is 0 Å². The van der Waals surface area contributed by atoms with Crippen LogP contribution in [0.1, 0.15) is 15.9 Å². The quantitative estimate of drug-likeness (QED) is 0.858. The number of amides is 1. The number of hydrogen-bond acceptors (Lipinski definition) is 2. The molecule has 0 aliphatic heterocycles. The van der Waals surface area contributed by atoms with Crippen LogP contribution >= 0.6 is 27.5 Å². The maximum Gasteiger partial charge on any atom is 0.335 e. The maximum atomic E-state index is 12.0. The molecule has 1 amide bonds. The Hall–Kier alpha value is -1.85. The van der Waals surface area contributed by atoms with Gasteiger partial charge in [-0.1, -0.05) is 23.7 Å². The highest BCUT2D eigenvalue weighted by Gasteiger charge is 2.10. The number of halogens is 2. The summed E-state index contributed by atoms with van der Waals surface area (Å²) < 4.78 is 0.520. The lowest BCUT2D eigenvalue weighted by molar-refractivity contribution is -0.115. The molecular weight excluding hydrogens is 358 g/mol. The molecule has 0 spiro atoms. The van der Waals surface area contributed by atoms with Crippen molar-refractivity contribution in [1.82, 2.24) is 0 Å². The van der Waals surface area contributed by atoms with Gasteiger partial charge in [0, 0.05) is 9.50 Å². The number of aromatic carboxylic acids is 1. The highest BCUT2D eigenvalue weighted by atomic mass is 79.9. The third kappa shape index (κ3) is 4.31. The van der Waals surface area contributed by atoms with Crippen LogP contribution in [0, 0.1) is 0 Å². The van der Waals surface area contributed by atoms with Crippen LogP contribution in [0.2, 0.25) is 5.02 Å². The molecule has 0 radical (unpaired) electrons. The fourth-order valence-corrected chi connectivity index (χ4v) is 2.34. The molecule has 0 aliphatic carbocycles. The van der Waals surface area contributed by atoms with Crippen molar-refractivity contribution >= 4 is 45.1 Å². The van der Waals surface area contributed by atoms with E-state index in [0.29, 0.717) is 15.2 Å². The molecule has 2 aromatic carbocycles. The van der Waals surface area contributed by atoms with Crippen molar-refractivity contribution in [3.63, 3.8) is 0 Å². The van der Waals surface area contributed by atoms with E-state index in [2.05, 4.69) is 21.2 Å². The van der Waals surface area contributed by atoms with Crippen molar-refractivity contribution < 1.29 is 14.7 Å². The molecule has 2 rings (SSSR count). The molecule has 4 nitrogen and oxygen atoms in total. The second kappa shape index (κ2) is 6.74. The van der Waals surface area contributed by atoms with Crippen molar-refractivity contribution in [2.75, 3.05) is 5.32 Å². The first-order valence-corrected chi connectivity index (χ1v) is 7.20. The predicted molar refractivity (Wildman–Crippen MR) is 84.9 cm³/mol. The number of benzene rings is 2. The van der Waals surface area contributed by atoms with Gasteiger partial charge in [-0.05, 0) is 51.8 Å². The number of nitrogens with one attached hydrogen (secondary N) is 1. The first-order chi connectivity index (χ1) is 9.95. The molecule has 0 saturated heterocycles. The Labute approximate surface area is 134 Å². The lowest BCUT2D eigenvalue weighted by Gasteiger charge is -2.08. The van der Waals surface area contributed by atoms with E-state index in [0.717, 1.165) is 5.56 Å². The molecule has 0 saturated carbocycles. The molecule has 0 heterocycles. The van der Waals surface area contributed by atoms with Crippen molar-refractivity contribution in [1.29, 1.82) is 0 Å². The minimum absolute atomic E-state index is 0.151. The molecule has 0 atom stereocenters. The van der Waals surface area contributed by atoms with Crippen molar-refractivity contribution in [2.24, 2.45) is 0 Å². The number of carboxylic acid groups (broad SMARTS) is 1. The molecule has 6 heteroatoms. The molecular formula is C15H11BrClNO3. The van der Waals surface area contributed by atoms with E-state index < -0.39 is 5.97 Å². The third-order valence-electron chi connectivity index (χ3n) is 2.77. The molecule has 0 aliphatic rings. The monoisotopic (exact) mass is 367 g/mol. The maximum absolute atomic E-state index is 12.0. The summed E-state index contributed by atoms with van der Waals surface area (Å²) in [5.41, 5.74) is 1.52. The van der Waals surface area contributed by atoms with E-state index in [1.807, 2.05) is 0 Å². The molecule has 0 bridgehead atoms. The number of anilines is 1. The predicted octanol–water partition coefficient (Wildman–Crippen LogP) is 3.98. The summed E-state index contributed by atoms with van der Waals surface area (Å²) in [4.78, 5) is 22.8. The van der Waals surface area contributed by atoms with E-state index in [-0.39, 0.29) is 17.9 Å². The van der Waals surface area contributed by atoms with Crippen LogP contribution in [0.25, 0.3) is 0 Å². The second-order valence-electron chi connectivity index (χ2n) is 4.35. The summed E-state index contributed by atoms with van der Waals surface area (Å²) in [5.74, 6) is -1.21. The van der Waals surface area contributed by atoms with Crippen LogP contribution in [0.4, 0.5) is 5.69 Å². The largest absolute Gasteiger partial charge is 0.478 e. The van der Waals surface area contributed by atoms with Crippen LogP contribution in [0.15, 0.2) is 46.9 Å². The van der Waals surface area contributed by atoms with Gasteiger partial charge in [0.15, 0.2) is 0 Å². The fraction of sp³-hybridized carbons (Fsp3) is 0.0667. The van der Waals surface area contributed by atoms with Gasteiger partial charge in [-0.15, -0.1) is 0 Å². The number of carbonyl (C=O) groups excluding carboxylic acids is 1. The van der Waals surface area contributed by atoms with E-state index in [4.69, 9.17) is 16.7 Å². The summed E-state index contributed by atoms with van der Waals surface area (Å²) in [6, 6.07) is 11.4. The number of carboxylic acids is 1. The molecule has 0 unspecified atom stereocenters. The van der Waals surface area contributed by atoms with Crippen LogP contribution in [-0.2, 0) is 11.2 Å². The summed E-state index contributed by atoms with van der Waals surface area (Å²) in [6.45, 7) is 0. The Bertz CT molecular complexity index is 686. The van der Waals surface area contributed by atoms with Crippen molar-refractivity contribution in [3.05, 3.63) is 63.1 Å². The van der Waals surface area contributed by atoms with E-state index >= 15 is 0 Å². The normalized spacial score (nSPS) is 10.2. The van der Waals surface area contributed by atoms with Crippen molar-refractivity contribution in [3.8, 4) is 0 Å². The standard InChI is InChI=1S/C15H11BrClNO3/c16-12-8-10(15(20)21)3-6-13(12)18-14(19)7-9-1-4-11(17)5-2-9/h1-6,8H,7H2,(H,18,19)(H,20,21). The lowest BCUT2D eigenvalue weighted by atomic mass is 10.1. The summed E-state index contributed by atoms with van der Waals surface area (Å²) in [7, 11) is 0. The average Bonchev–Trinajstić information content (AvgIpc) is 2.43. The smallest absolute Gasteiger partial charge is 0.335 e. The second-order valence-corrected chi connectivity index (χ2v) is 5.64. The summed E-state index contributed by atoms with van der Waals surface area (Å²) >= 11 is 9.03. The third-order valence-corrected chi connectivity index (χ3v) is 3.68. The van der Waals surface area contributed by atoms with Gasteiger partial charge in [0.05, 0.1) is 17.7 Å². The minimum Gasteiger partial charge on any atom is -0.478 e. The Morgan fingerprint density at radius 3 is 2.38 bits per heavy atom. The zero-order valence-corrected chi connectivity index (χ0v) is 13.1. The zero-order valence-electron chi connectivity index (χ0n) is 10.8. The van der Waals surface area contributed by atoms with Crippen LogP contribution in [-0.4, -0.2) is 17.0 Å². The van der Waals surface area contributed by atoms with Crippen LogP contribution in [0.5, 0.6) is 0 Å². The number of carbonyl (C=O) groups is 2. The highest BCUT2D eigenvalue weighted by Crippen LogP contribution is 2.24. The van der Waals surface area contributed by atoms with Gasteiger partial charge >= 0.3 is 5.97 Å². The van der Waals surface area contributed by atoms with Gasteiger partial charge in [-0.3, -0.25) is 4.79 Å². The van der Waals surface area contributed by atoms with Gasteiger partial charge in [0.2, 0.25) is 5.91 Å². The van der Waals surface area contributed by atoms with Gasteiger partial charge in [0.1, 0.15) is 0 Å². The first-order valence-electron chi connectivity index (χ1n) is 6.03. The topological polar surface area (TPSA) is 66.4 Å². The number of rotatable bonds is 4. The lowest BCUT2D eigenvalue weighted by Crippen LogP contribution is -2.15. The molecule has 108 valence electrons. The molecule has 2 aromatic rings. The Morgan fingerprint density at radius 2 is 1.81 bits per heavy atom. The zero-order chi connectivity index (χ0) is 15.4. The van der Waals surface area contributed by atoms with E-state index in [1.54, 1.807) is 30.3 Å². The average molecular weight is 369 g/mol. The van der Waals surface area contributed by atoms with Crippen molar-refractivity contribution in [2.45, 2.75) is 6.42 Å². The first kappa shape index (κ1) is 15.5. The molecule has 2 N–H and O–H groups in total. The van der Waals surface area contributed by atoms with Crippen LogP contribution in [0.3, 0.4) is 0 Å². The van der Waals surface area contributed by atoms with E-state index in [1.165, 1.54) is 12.1 Å². The summed E-state index contributed by atoms with van der Waals surface area (Å²) in [6.07, 6.45) is 0.213. The summed E-state index contributed by atoms with van der Waals surface area (Å²) in [5, 5.41) is 12.2. The minimum atomic E-state index is -1.02. The van der Waals surface area contributed by atoms with Gasteiger partial charge < -0.3 is 10.4 Å². The molecule has 0 aromatic heterocycles. The Balaban J connectivity index is 2.06. The van der Waals surface area contributed by atoms with E-state index in [9.17, 15) is 9.59 Å². The van der Waals surface area contributed by atoms with Crippen LogP contribution < -0.4 is 5.32 Å². The number of hydrogen-bond donors (Lipinski definition) is 2. The SMILES string of the molecule is O=C(Cc1ccc(Cl)cc1)Nc1ccc(C(=O)O)cc1Br.